The molecule has 0 bridgehead atoms. The van der Waals surface area contributed by atoms with Crippen molar-refractivity contribution in [1.29, 1.82) is 0 Å². The normalized spacial score (nSPS) is 12.7. The van der Waals surface area contributed by atoms with E-state index in [9.17, 15) is 8.42 Å². The van der Waals surface area contributed by atoms with Crippen LogP contribution in [0.25, 0.3) is 0 Å². The van der Waals surface area contributed by atoms with Crippen LogP contribution in [0.2, 0.25) is 0 Å². The molecule has 0 aliphatic heterocycles. The first-order valence-corrected chi connectivity index (χ1v) is 10.2. The van der Waals surface area contributed by atoms with Gasteiger partial charge in [0.2, 0.25) is 10.0 Å². The maximum atomic E-state index is 12.2. The molecule has 0 radical (unpaired) electrons. The summed E-state index contributed by atoms with van der Waals surface area (Å²) in [7, 11) is -3.50. The second-order valence-electron chi connectivity index (χ2n) is 5.75. The zero-order valence-electron chi connectivity index (χ0n) is 15.6. The molecule has 1 unspecified atom stereocenters. The zero-order chi connectivity index (χ0) is 18.8. The largest absolute Gasteiger partial charge is 0.357 e. The van der Waals surface area contributed by atoms with Crippen LogP contribution < -0.4 is 15.4 Å². The summed E-state index contributed by atoms with van der Waals surface area (Å²) in [5.41, 5.74) is 1.16. The molecule has 0 fully saturated rings. The number of nitrogens with one attached hydrogen (secondary N) is 3. The van der Waals surface area contributed by atoms with Gasteiger partial charge in [0.25, 0.3) is 0 Å². The van der Waals surface area contributed by atoms with Gasteiger partial charge < -0.3 is 10.6 Å². The molecule has 1 atom stereocenters. The summed E-state index contributed by atoms with van der Waals surface area (Å²) in [6, 6.07) is 18.5. The van der Waals surface area contributed by atoms with Crippen LogP contribution >= 0.6 is 24.0 Å². The predicted molar refractivity (Wildman–Crippen MR) is 121 cm³/mol. The summed E-state index contributed by atoms with van der Waals surface area (Å²) in [5.74, 6) is 0.655. The van der Waals surface area contributed by atoms with Crippen LogP contribution in [0.3, 0.4) is 0 Å². The van der Waals surface area contributed by atoms with E-state index in [4.69, 9.17) is 0 Å². The standard InChI is InChI=1S/C19H26N4O2S.HI/c1-3-20-19(23-16(2)17-10-6-4-7-11-17)21-14-15-22-26(24,25)18-12-8-5-9-13-18;/h4-13,16,22H,3,14-15H2,1-2H3,(H2,20,21,23);1H. The molecule has 0 saturated carbocycles. The molecule has 8 heteroatoms. The number of guanidine groups is 1. The van der Waals surface area contributed by atoms with Crippen molar-refractivity contribution in [1.82, 2.24) is 15.4 Å². The lowest BCUT2D eigenvalue weighted by atomic mass is 10.1. The Balaban J connectivity index is 0.00000364. The van der Waals surface area contributed by atoms with Crippen molar-refractivity contribution in [3.63, 3.8) is 0 Å². The average molecular weight is 502 g/mol. The summed E-state index contributed by atoms with van der Waals surface area (Å²) in [4.78, 5) is 4.70. The minimum absolute atomic E-state index is 0. The van der Waals surface area contributed by atoms with Gasteiger partial charge in [-0.2, -0.15) is 0 Å². The molecule has 2 rings (SSSR count). The number of aliphatic imine (C=N–C) groups is 1. The third-order valence-corrected chi connectivity index (χ3v) is 5.20. The Kier molecular flexibility index (Phi) is 10.3. The van der Waals surface area contributed by atoms with Crippen LogP contribution in [0.5, 0.6) is 0 Å². The molecule has 2 aromatic carbocycles. The third-order valence-electron chi connectivity index (χ3n) is 3.72. The molecule has 3 N–H and O–H groups in total. The van der Waals surface area contributed by atoms with Gasteiger partial charge in [0.15, 0.2) is 5.96 Å². The van der Waals surface area contributed by atoms with Crippen LogP contribution in [0.4, 0.5) is 0 Å². The highest BCUT2D eigenvalue weighted by Crippen LogP contribution is 2.10. The van der Waals surface area contributed by atoms with E-state index in [1.54, 1.807) is 30.3 Å². The monoisotopic (exact) mass is 502 g/mol. The Bertz CT molecular complexity index is 799. The van der Waals surface area contributed by atoms with Crippen molar-refractivity contribution in [3.8, 4) is 0 Å². The Morgan fingerprint density at radius 3 is 2.22 bits per heavy atom. The maximum absolute atomic E-state index is 12.2. The fraction of sp³-hybridized carbons (Fsp3) is 0.316. The summed E-state index contributed by atoms with van der Waals surface area (Å²) in [6.45, 7) is 5.34. The number of rotatable bonds is 8. The van der Waals surface area contributed by atoms with E-state index < -0.39 is 10.0 Å². The molecule has 0 aliphatic carbocycles. The number of sulfonamides is 1. The van der Waals surface area contributed by atoms with E-state index in [1.807, 2.05) is 25.1 Å². The van der Waals surface area contributed by atoms with E-state index in [-0.39, 0.29) is 41.5 Å². The minimum atomic E-state index is -3.50. The highest BCUT2D eigenvalue weighted by Gasteiger charge is 2.12. The van der Waals surface area contributed by atoms with Gasteiger partial charge in [0, 0.05) is 13.1 Å². The average Bonchev–Trinajstić information content (AvgIpc) is 2.66. The Morgan fingerprint density at radius 1 is 1.04 bits per heavy atom. The highest BCUT2D eigenvalue weighted by atomic mass is 127. The molecule has 27 heavy (non-hydrogen) atoms. The van der Waals surface area contributed by atoms with E-state index in [2.05, 4.69) is 39.4 Å². The van der Waals surface area contributed by atoms with Crippen LogP contribution in [0.15, 0.2) is 70.6 Å². The van der Waals surface area contributed by atoms with E-state index >= 15 is 0 Å². The number of halogens is 1. The van der Waals surface area contributed by atoms with Crippen LogP contribution in [-0.2, 0) is 10.0 Å². The summed E-state index contributed by atoms with van der Waals surface area (Å²) >= 11 is 0. The first-order chi connectivity index (χ1) is 12.5. The van der Waals surface area contributed by atoms with Gasteiger partial charge >= 0.3 is 0 Å². The molecule has 0 saturated heterocycles. The second-order valence-corrected chi connectivity index (χ2v) is 7.52. The molecule has 0 heterocycles. The number of nitrogens with zero attached hydrogens (tertiary/aromatic N) is 1. The molecule has 6 nitrogen and oxygen atoms in total. The zero-order valence-corrected chi connectivity index (χ0v) is 18.7. The van der Waals surface area contributed by atoms with Gasteiger partial charge in [-0.1, -0.05) is 48.5 Å². The summed E-state index contributed by atoms with van der Waals surface area (Å²) in [6.07, 6.45) is 0. The smallest absolute Gasteiger partial charge is 0.240 e. The van der Waals surface area contributed by atoms with E-state index in [0.29, 0.717) is 12.5 Å². The number of hydrogen-bond donors (Lipinski definition) is 3. The van der Waals surface area contributed by atoms with Gasteiger partial charge in [-0.15, -0.1) is 24.0 Å². The van der Waals surface area contributed by atoms with Gasteiger partial charge in [0.05, 0.1) is 17.5 Å². The van der Waals surface area contributed by atoms with Crippen LogP contribution in [-0.4, -0.2) is 34.0 Å². The fourth-order valence-electron chi connectivity index (χ4n) is 2.38. The molecule has 0 amide bonds. The molecular weight excluding hydrogens is 475 g/mol. The van der Waals surface area contributed by atoms with Crippen molar-refractivity contribution in [2.75, 3.05) is 19.6 Å². The molecule has 0 aliphatic rings. The predicted octanol–water partition coefficient (Wildman–Crippen LogP) is 2.90. The van der Waals surface area contributed by atoms with Gasteiger partial charge in [-0.25, -0.2) is 13.1 Å². The molecule has 0 spiro atoms. The van der Waals surface area contributed by atoms with Crippen molar-refractivity contribution < 1.29 is 8.42 Å². The lowest BCUT2D eigenvalue weighted by Crippen LogP contribution is -2.39. The van der Waals surface area contributed by atoms with Crippen molar-refractivity contribution in [2.24, 2.45) is 4.99 Å². The molecule has 2 aromatic rings. The van der Waals surface area contributed by atoms with Crippen molar-refractivity contribution in [2.45, 2.75) is 24.8 Å². The maximum Gasteiger partial charge on any atom is 0.240 e. The van der Waals surface area contributed by atoms with Crippen molar-refractivity contribution >= 4 is 40.0 Å². The van der Waals surface area contributed by atoms with E-state index in [0.717, 1.165) is 12.1 Å². The molecule has 0 aromatic heterocycles. The Morgan fingerprint density at radius 2 is 1.63 bits per heavy atom. The highest BCUT2D eigenvalue weighted by molar-refractivity contribution is 14.0. The lowest BCUT2D eigenvalue weighted by molar-refractivity contribution is 0.582. The van der Waals surface area contributed by atoms with Gasteiger partial charge in [-0.05, 0) is 31.5 Å². The van der Waals surface area contributed by atoms with E-state index in [1.165, 1.54) is 0 Å². The molecule has 148 valence electrons. The second kappa shape index (κ2) is 11.9. The minimum Gasteiger partial charge on any atom is -0.357 e. The van der Waals surface area contributed by atoms with Crippen LogP contribution in [0, 0.1) is 0 Å². The Hall–Kier alpha value is -1.65. The quantitative estimate of drug-likeness (QED) is 0.225. The number of benzene rings is 2. The lowest BCUT2D eigenvalue weighted by Gasteiger charge is -2.18. The molecular formula is C19H27IN4O2S. The summed E-state index contributed by atoms with van der Waals surface area (Å²) < 4.78 is 26.9. The van der Waals surface area contributed by atoms with Gasteiger partial charge in [0.1, 0.15) is 0 Å². The van der Waals surface area contributed by atoms with Crippen molar-refractivity contribution in [3.05, 3.63) is 66.2 Å². The summed E-state index contributed by atoms with van der Waals surface area (Å²) in [5, 5.41) is 6.50. The Labute approximate surface area is 178 Å². The number of hydrogen-bond acceptors (Lipinski definition) is 3. The first-order valence-electron chi connectivity index (χ1n) is 8.67. The third kappa shape index (κ3) is 7.86. The fourth-order valence-corrected chi connectivity index (χ4v) is 3.42. The first kappa shape index (κ1) is 23.4. The van der Waals surface area contributed by atoms with Crippen LogP contribution in [0.1, 0.15) is 25.5 Å². The van der Waals surface area contributed by atoms with Gasteiger partial charge in [-0.3, -0.25) is 4.99 Å². The topological polar surface area (TPSA) is 82.6 Å². The SMILES string of the molecule is CCNC(=NCCNS(=O)(=O)c1ccccc1)NC(C)c1ccccc1.I.